The second kappa shape index (κ2) is 8.38. The zero-order valence-electron chi connectivity index (χ0n) is 15.3. The van der Waals surface area contributed by atoms with Gasteiger partial charge in [0.05, 0.1) is 30.3 Å². The average molecular weight is 384 g/mol. The number of carbonyl (C=O) groups excluding carboxylic acids is 2. The summed E-state index contributed by atoms with van der Waals surface area (Å²) in [5.41, 5.74) is -0.577. The number of para-hydroxylation sites is 1. The average Bonchev–Trinajstić information content (AvgIpc) is 3.19. The van der Waals surface area contributed by atoms with Crippen molar-refractivity contribution in [3.05, 3.63) is 69.3 Å². The molecule has 28 heavy (non-hydrogen) atoms. The van der Waals surface area contributed by atoms with E-state index in [1.807, 2.05) is 0 Å². The molecule has 0 fully saturated rings. The Kier molecular flexibility index (Phi) is 5.73. The Hall–Kier alpha value is -3.62. The monoisotopic (exact) mass is 384 g/mol. The van der Waals surface area contributed by atoms with Crippen LogP contribution in [0.25, 0.3) is 10.9 Å². The summed E-state index contributed by atoms with van der Waals surface area (Å²) in [7, 11) is 1.52. The highest BCUT2D eigenvalue weighted by atomic mass is 16.3. The van der Waals surface area contributed by atoms with E-state index < -0.39 is 11.2 Å². The van der Waals surface area contributed by atoms with Crippen LogP contribution in [0, 0.1) is 0 Å². The molecule has 2 heterocycles. The number of benzene rings is 1. The summed E-state index contributed by atoms with van der Waals surface area (Å²) in [6.45, 7) is 0.223. The maximum absolute atomic E-state index is 12.3. The van der Waals surface area contributed by atoms with Crippen LogP contribution in [0.5, 0.6) is 0 Å². The third kappa shape index (κ3) is 4.37. The lowest BCUT2D eigenvalue weighted by Gasteiger charge is -2.17. The Morgan fingerprint density at radius 3 is 2.71 bits per heavy atom. The SMILES string of the molecule is CN(CC(=O)NCc1ccco1)C(=O)CCn1c(=O)[nH]c(=O)c2ccccc21. The first-order valence-corrected chi connectivity index (χ1v) is 8.70. The molecule has 0 aliphatic rings. The van der Waals surface area contributed by atoms with Crippen molar-refractivity contribution in [2.75, 3.05) is 13.6 Å². The fourth-order valence-electron chi connectivity index (χ4n) is 2.82. The number of carbonyl (C=O) groups is 2. The molecule has 3 rings (SSSR count). The van der Waals surface area contributed by atoms with Crippen LogP contribution >= 0.6 is 0 Å². The van der Waals surface area contributed by atoms with Crippen LogP contribution in [-0.2, 0) is 22.7 Å². The Morgan fingerprint density at radius 2 is 1.96 bits per heavy atom. The van der Waals surface area contributed by atoms with Gasteiger partial charge >= 0.3 is 5.69 Å². The molecule has 0 radical (unpaired) electrons. The number of aromatic nitrogens is 2. The van der Waals surface area contributed by atoms with Crippen molar-refractivity contribution in [2.45, 2.75) is 19.5 Å². The summed E-state index contributed by atoms with van der Waals surface area (Å²) >= 11 is 0. The molecule has 1 aromatic carbocycles. The van der Waals surface area contributed by atoms with Gasteiger partial charge in [-0.05, 0) is 24.3 Å². The van der Waals surface area contributed by atoms with Crippen molar-refractivity contribution in [1.29, 1.82) is 0 Å². The minimum Gasteiger partial charge on any atom is -0.467 e. The number of nitrogens with one attached hydrogen (secondary N) is 2. The third-order valence-electron chi connectivity index (χ3n) is 4.30. The van der Waals surface area contributed by atoms with Crippen LogP contribution in [0.2, 0.25) is 0 Å². The molecule has 146 valence electrons. The molecule has 2 aromatic heterocycles. The number of likely N-dealkylation sites (N-methyl/N-ethyl adjacent to an activating group) is 1. The van der Waals surface area contributed by atoms with Crippen molar-refractivity contribution >= 4 is 22.7 Å². The summed E-state index contributed by atoms with van der Waals surface area (Å²) in [4.78, 5) is 51.8. The summed E-state index contributed by atoms with van der Waals surface area (Å²) in [5, 5.41) is 3.04. The number of fused-ring (bicyclic) bond motifs is 1. The number of aryl methyl sites for hydroxylation is 1. The molecule has 3 aromatic rings. The number of furan rings is 1. The van der Waals surface area contributed by atoms with Crippen molar-refractivity contribution in [3.63, 3.8) is 0 Å². The summed E-state index contributed by atoms with van der Waals surface area (Å²) in [6.07, 6.45) is 1.53. The van der Waals surface area contributed by atoms with Crippen LogP contribution in [0.1, 0.15) is 12.2 Å². The molecule has 0 unspecified atom stereocenters. The van der Waals surface area contributed by atoms with E-state index in [0.717, 1.165) is 0 Å². The van der Waals surface area contributed by atoms with Crippen molar-refractivity contribution in [2.24, 2.45) is 0 Å². The molecule has 0 aliphatic heterocycles. The molecule has 9 heteroatoms. The first-order valence-electron chi connectivity index (χ1n) is 8.70. The molecular formula is C19H20N4O5. The zero-order chi connectivity index (χ0) is 20.1. The fourth-order valence-corrected chi connectivity index (χ4v) is 2.82. The molecule has 0 atom stereocenters. The van der Waals surface area contributed by atoms with Gasteiger partial charge in [-0.15, -0.1) is 0 Å². The Balaban J connectivity index is 1.59. The maximum Gasteiger partial charge on any atom is 0.328 e. The number of aromatic amines is 1. The van der Waals surface area contributed by atoms with E-state index in [-0.39, 0.29) is 37.9 Å². The second-order valence-corrected chi connectivity index (χ2v) is 6.28. The van der Waals surface area contributed by atoms with Gasteiger partial charge in [0, 0.05) is 20.0 Å². The molecular weight excluding hydrogens is 364 g/mol. The first kappa shape index (κ1) is 19.2. The lowest BCUT2D eigenvalue weighted by atomic mass is 10.2. The van der Waals surface area contributed by atoms with Gasteiger partial charge in [0.25, 0.3) is 5.56 Å². The smallest absolute Gasteiger partial charge is 0.328 e. The van der Waals surface area contributed by atoms with E-state index in [1.54, 1.807) is 36.4 Å². The Bertz CT molecular complexity index is 1100. The van der Waals surface area contributed by atoms with Crippen LogP contribution in [0.4, 0.5) is 0 Å². The number of hydrogen-bond donors (Lipinski definition) is 2. The van der Waals surface area contributed by atoms with Crippen LogP contribution in [0.15, 0.2) is 56.7 Å². The summed E-state index contributed by atoms with van der Waals surface area (Å²) in [5.74, 6) is 0.000825. The zero-order valence-corrected chi connectivity index (χ0v) is 15.3. The number of amides is 2. The number of rotatable bonds is 7. The molecule has 0 spiro atoms. The van der Waals surface area contributed by atoms with E-state index >= 15 is 0 Å². The van der Waals surface area contributed by atoms with Gasteiger partial charge in [-0.2, -0.15) is 0 Å². The van der Waals surface area contributed by atoms with Crippen molar-refractivity contribution in [3.8, 4) is 0 Å². The number of hydrogen-bond acceptors (Lipinski definition) is 5. The Labute approximate surface area is 159 Å². The molecule has 0 bridgehead atoms. The summed E-state index contributed by atoms with van der Waals surface area (Å²) < 4.78 is 6.47. The van der Waals surface area contributed by atoms with Gasteiger partial charge in [-0.25, -0.2) is 4.79 Å². The third-order valence-corrected chi connectivity index (χ3v) is 4.30. The molecule has 0 saturated carbocycles. The summed E-state index contributed by atoms with van der Waals surface area (Å²) in [6, 6.07) is 10.1. The minimum absolute atomic E-state index is 0.0118. The van der Waals surface area contributed by atoms with Gasteiger partial charge in [0.15, 0.2) is 0 Å². The topological polar surface area (TPSA) is 117 Å². The molecule has 9 nitrogen and oxygen atoms in total. The van der Waals surface area contributed by atoms with E-state index in [4.69, 9.17) is 4.42 Å². The van der Waals surface area contributed by atoms with E-state index in [9.17, 15) is 19.2 Å². The predicted molar refractivity (Wildman–Crippen MR) is 102 cm³/mol. The molecule has 2 N–H and O–H groups in total. The number of H-pyrrole nitrogens is 1. The lowest BCUT2D eigenvalue weighted by molar-refractivity contribution is -0.135. The van der Waals surface area contributed by atoms with Crippen LogP contribution in [-0.4, -0.2) is 39.9 Å². The van der Waals surface area contributed by atoms with Gasteiger partial charge < -0.3 is 14.6 Å². The maximum atomic E-state index is 12.3. The van der Waals surface area contributed by atoms with E-state index in [1.165, 1.54) is 22.8 Å². The lowest BCUT2D eigenvalue weighted by Crippen LogP contribution is -2.39. The Morgan fingerprint density at radius 1 is 1.18 bits per heavy atom. The van der Waals surface area contributed by atoms with Gasteiger partial charge in [-0.3, -0.25) is 23.9 Å². The highest BCUT2D eigenvalue weighted by Gasteiger charge is 2.15. The standard InChI is InChI=1S/C19H20N4O5/c1-22(12-16(24)20-11-13-5-4-10-28-13)17(25)8-9-23-15-7-3-2-6-14(15)18(26)21-19(23)27/h2-7,10H,8-9,11-12H2,1H3,(H,20,24)(H,21,26,27). The van der Waals surface area contributed by atoms with Crippen molar-refractivity contribution in [1.82, 2.24) is 19.8 Å². The first-order chi connectivity index (χ1) is 13.5. The van der Waals surface area contributed by atoms with Gasteiger partial charge in [0.2, 0.25) is 11.8 Å². The molecule has 0 aliphatic carbocycles. The van der Waals surface area contributed by atoms with Gasteiger partial charge in [-0.1, -0.05) is 12.1 Å². The van der Waals surface area contributed by atoms with Crippen LogP contribution < -0.4 is 16.6 Å². The second-order valence-electron chi connectivity index (χ2n) is 6.28. The van der Waals surface area contributed by atoms with E-state index in [2.05, 4.69) is 10.3 Å². The highest BCUT2D eigenvalue weighted by Crippen LogP contribution is 2.07. The quantitative estimate of drug-likeness (QED) is 0.613. The normalized spacial score (nSPS) is 10.8. The fraction of sp³-hybridized carbons (Fsp3) is 0.263. The van der Waals surface area contributed by atoms with E-state index in [0.29, 0.717) is 16.7 Å². The number of nitrogens with zero attached hydrogens (tertiary/aromatic N) is 2. The molecule has 2 amide bonds. The molecule has 0 saturated heterocycles. The minimum atomic E-state index is -0.574. The highest BCUT2D eigenvalue weighted by molar-refractivity contribution is 5.84. The predicted octanol–water partition coefficient (Wildman–Crippen LogP) is 0.448. The van der Waals surface area contributed by atoms with Crippen LogP contribution in [0.3, 0.4) is 0 Å². The van der Waals surface area contributed by atoms with Crippen molar-refractivity contribution < 1.29 is 14.0 Å². The largest absolute Gasteiger partial charge is 0.467 e. The van der Waals surface area contributed by atoms with Gasteiger partial charge in [0.1, 0.15) is 5.76 Å².